The molecule has 0 N–H and O–H groups in total. The number of hydrogen-bond acceptors (Lipinski definition) is 3. The zero-order valence-electron chi connectivity index (χ0n) is 13.6. The van der Waals surface area contributed by atoms with E-state index >= 15 is 0 Å². The lowest BCUT2D eigenvalue weighted by Crippen LogP contribution is -2.50. The zero-order valence-corrected chi connectivity index (χ0v) is 14.4. The Morgan fingerprint density at radius 2 is 1.72 bits per heavy atom. The standard InChI is InChI=1S/C18H18F2N2O2S/c19-15-5-3-13(12-16(15)20)18(24)22-9-7-21(8-10-22)17(23)6-4-14-2-1-11-25-14/h1-3,5,11-12H,4,6-10H2. The van der Waals surface area contributed by atoms with Crippen LogP contribution in [0.15, 0.2) is 35.7 Å². The van der Waals surface area contributed by atoms with Crippen molar-refractivity contribution in [1.82, 2.24) is 9.80 Å². The monoisotopic (exact) mass is 364 g/mol. The molecule has 25 heavy (non-hydrogen) atoms. The lowest BCUT2D eigenvalue weighted by molar-refractivity contribution is -0.132. The quantitative estimate of drug-likeness (QED) is 0.837. The zero-order chi connectivity index (χ0) is 17.8. The highest BCUT2D eigenvalue weighted by Gasteiger charge is 2.25. The Kier molecular flexibility index (Phi) is 5.43. The van der Waals surface area contributed by atoms with Crippen molar-refractivity contribution in [1.29, 1.82) is 0 Å². The van der Waals surface area contributed by atoms with Crippen molar-refractivity contribution < 1.29 is 18.4 Å². The molecule has 0 spiro atoms. The van der Waals surface area contributed by atoms with Crippen LogP contribution in [-0.4, -0.2) is 47.8 Å². The average Bonchev–Trinajstić information content (AvgIpc) is 3.15. The SMILES string of the molecule is O=C(CCc1cccs1)N1CCN(C(=O)c2ccc(F)c(F)c2)CC1. The lowest BCUT2D eigenvalue weighted by atomic mass is 10.1. The number of benzene rings is 1. The van der Waals surface area contributed by atoms with E-state index in [0.29, 0.717) is 32.6 Å². The molecular weight excluding hydrogens is 346 g/mol. The summed E-state index contributed by atoms with van der Waals surface area (Å²) in [4.78, 5) is 29.1. The van der Waals surface area contributed by atoms with E-state index in [1.807, 2.05) is 17.5 Å². The first-order valence-corrected chi connectivity index (χ1v) is 8.97. The van der Waals surface area contributed by atoms with Crippen LogP contribution >= 0.6 is 11.3 Å². The van der Waals surface area contributed by atoms with Gasteiger partial charge in [0.25, 0.3) is 5.91 Å². The number of halogens is 2. The molecule has 1 fully saturated rings. The first-order chi connectivity index (χ1) is 12.0. The predicted molar refractivity (Wildman–Crippen MR) is 91.5 cm³/mol. The molecule has 0 bridgehead atoms. The van der Waals surface area contributed by atoms with Gasteiger partial charge in [-0.05, 0) is 36.1 Å². The fraction of sp³-hybridized carbons (Fsp3) is 0.333. The smallest absolute Gasteiger partial charge is 0.254 e. The van der Waals surface area contributed by atoms with Crippen LogP contribution in [0.4, 0.5) is 8.78 Å². The molecule has 3 rings (SSSR count). The van der Waals surface area contributed by atoms with Gasteiger partial charge in [-0.2, -0.15) is 0 Å². The summed E-state index contributed by atoms with van der Waals surface area (Å²) in [7, 11) is 0. The molecule has 0 saturated carbocycles. The highest BCUT2D eigenvalue weighted by molar-refractivity contribution is 7.09. The van der Waals surface area contributed by atoms with E-state index in [2.05, 4.69) is 0 Å². The first-order valence-electron chi connectivity index (χ1n) is 8.09. The van der Waals surface area contributed by atoms with Crippen molar-refractivity contribution in [3.8, 4) is 0 Å². The summed E-state index contributed by atoms with van der Waals surface area (Å²) in [6, 6.07) is 7.12. The number of thiophene rings is 1. The van der Waals surface area contributed by atoms with Gasteiger partial charge in [-0.15, -0.1) is 11.3 Å². The summed E-state index contributed by atoms with van der Waals surface area (Å²) in [6.07, 6.45) is 1.18. The summed E-state index contributed by atoms with van der Waals surface area (Å²) in [5.41, 5.74) is 0.122. The second-order valence-electron chi connectivity index (χ2n) is 5.88. The third kappa shape index (κ3) is 4.22. The Balaban J connectivity index is 1.51. The van der Waals surface area contributed by atoms with Crippen LogP contribution in [0, 0.1) is 11.6 Å². The van der Waals surface area contributed by atoms with Crippen molar-refractivity contribution in [2.24, 2.45) is 0 Å². The summed E-state index contributed by atoms with van der Waals surface area (Å²) < 4.78 is 26.3. The molecule has 0 radical (unpaired) electrons. The molecule has 2 amide bonds. The Bertz CT molecular complexity index is 756. The molecule has 0 aliphatic carbocycles. The maximum absolute atomic E-state index is 13.3. The third-order valence-corrected chi connectivity index (χ3v) is 5.19. The largest absolute Gasteiger partial charge is 0.339 e. The van der Waals surface area contributed by atoms with E-state index in [4.69, 9.17) is 0 Å². The summed E-state index contributed by atoms with van der Waals surface area (Å²) in [5.74, 6) is -2.27. The van der Waals surface area contributed by atoms with Crippen LogP contribution in [0.1, 0.15) is 21.7 Å². The van der Waals surface area contributed by atoms with Crippen LogP contribution in [0.3, 0.4) is 0 Å². The van der Waals surface area contributed by atoms with E-state index in [1.54, 1.807) is 21.1 Å². The molecule has 2 aromatic rings. The van der Waals surface area contributed by atoms with E-state index in [1.165, 1.54) is 10.9 Å². The maximum atomic E-state index is 13.3. The minimum Gasteiger partial charge on any atom is -0.339 e. The van der Waals surface area contributed by atoms with Crippen molar-refractivity contribution in [3.05, 3.63) is 57.8 Å². The van der Waals surface area contributed by atoms with Gasteiger partial charge >= 0.3 is 0 Å². The molecule has 1 aliphatic heterocycles. The van der Waals surface area contributed by atoms with Gasteiger partial charge in [0.05, 0.1) is 0 Å². The molecule has 1 saturated heterocycles. The Labute approximate surface area is 148 Å². The van der Waals surface area contributed by atoms with E-state index in [-0.39, 0.29) is 17.4 Å². The summed E-state index contributed by atoms with van der Waals surface area (Å²) in [5, 5.41) is 1.99. The number of carbonyl (C=O) groups excluding carboxylic acids is 2. The van der Waals surface area contributed by atoms with Crippen molar-refractivity contribution in [3.63, 3.8) is 0 Å². The highest BCUT2D eigenvalue weighted by Crippen LogP contribution is 2.15. The fourth-order valence-corrected chi connectivity index (χ4v) is 3.52. The molecule has 2 heterocycles. The van der Waals surface area contributed by atoms with Crippen molar-refractivity contribution >= 4 is 23.2 Å². The van der Waals surface area contributed by atoms with Gasteiger partial charge < -0.3 is 9.80 Å². The number of piperazine rings is 1. The topological polar surface area (TPSA) is 40.6 Å². The van der Waals surface area contributed by atoms with Crippen LogP contribution < -0.4 is 0 Å². The second kappa shape index (κ2) is 7.74. The number of carbonyl (C=O) groups is 2. The average molecular weight is 364 g/mol. The van der Waals surface area contributed by atoms with E-state index in [9.17, 15) is 18.4 Å². The Hall–Kier alpha value is -2.28. The van der Waals surface area contributed by atoms with E-state index in [0.717, 1.165) is 18.6 Å². The van der Waals surface area contributed by atoms with Crippen LogP contribution in [0.5, 0.6) is 0 Å². The van der Waals surface area contributed by atoms with Crippen molar-refractivity contribution in [2.75, 3.05) is 26.2 Å². The molecule has 132 valence electrons. The third-order valence-electron chi connectivity index (χ3n) is 4.25. The van der Waals surface area contributed by atoms with Crippen molar-refractivity contribution in [2.45, 2.75) is 12.8 Å². The molecular formula is C18H18F2N2O2S. The minimum atomic E-state index is -1.03. The number of hydrogen-bond donors (Lipinski definition) is 0. The number of rotatable bonds is 4. The maximum Gasteiger partial charge on any atom is 0.254 e. The molecule has 1 aromatic carbocycles. The Morgan fingerprint density at radius 3 is 2.36 bits per heavy atom. The fourth-order valence-electron chi connectivity index (χ4n) is 2.81. The highest BCUT2D eigenvalue weighted by atomic mass is 32.1. The second-order valence-corrected chi connectivity index (χ2v) is 6.91. The first kappa shape index (κ1) is 17.5. The van der Waals surface area contributed by atoms with E-state index < -0.39 is 11.6 Å². The van der Waals surface area contributed by atoms with Gasteiger partial charge in [0, 0.05) is 43.0 Å². The predicted octanol–water partition coefficient (Wildman–Crippen LogP) is 2.94. The molecule has 7 heteroatoms. The summed E-state index contributed by atoms with van der Waals surface area (Å²) >= 11 is 1.63. The number of aryl methyl sites for hydroxylation is 1. The van der Waals surface area contributed by atoms with Crippen LogP contribution in [0.2, 0.25) is 0 Å². The Morgan fingerprint density at radius 1 is 1.00 bits per heavy atom. The van der Waals surface area contributed by atoms with Crippen LogP contribution in [0.25, 0.3) is 0 Å². The molecule has 1 aromatic heterocycles. The molecule has 4 nitrogen and oxygen atoms in total. The minimum absolute atomic E-state index is 0.0772. The molecule has 0 atom stereocenters. The molecule has 0 unspecified atom stereocenters. The van der Waals surface area contributed by atoms with Gasteiger partial charge in [0.15, 0.2) is 11.6 Å². The number of nitrogens with zero attached hydrogens (tertiary/aromatic N) is 2. The summed E-state index contributed by atoms with van der Waals surface area (Å²) in [6.45, 7) is 1.70. The normalized spacial score (nSPS) is 14.6. The van der Waals surface area contributed by atoms with Gasteiger partial charge in [-0.25, -0.2) is 8.78 Å². The molecule has 1 aliphatic rings. The van der Waals surface area contributed by atoms with Gasteiger partial charge in [-0.3, -0.25) is 9.59 Å². The number of amides is 2. The van der Waals surface area contributed by atoms with Gasteiger partial charge in [-0.1, -0.05) is 6.07 Å². The van der Waals surface area contributed by atoms with Gasteiger partial charge in [0.2, 0.25) is 5.91 Å². The van der Waals surface area contributed by atoms with Crippen LogP contribution in [-0.2, 0) is 11.2 Å². The lowest BCUT2D eigenvalue weighted by Gasteiger charge is -2.35. The van der Waals surface area contributed by atoms with Gasteiger partial charge in [0.1, 0.15) is 0 Å².